The molecule has 1 aliphatic rings. The van der Waals surface area contributed by atoms with Crippen molar-refractivity contribution in [2.45, 2.75) is 26.3 Å². The minimum absolute atomic E-state index is 0.106. The Morgan fingerprint density at radius 2 is 1.46 bits per heavy atom. The van der Waals surface area contributed by atoms with Crippen molar-refractivity contribution in [3.63, 3.8) is 0 Å². The van der Waals surface area contributed by atoms with E-state index >= 15 is 0 Å². The van der Waals surface area contributed by atoms with Crippen molar-refractivity contribution in [3.8, 4) is 12.1 Å². The summed E-state index contributed by atoms with van der Waals surface area (Å²) in [6.07, 6.45) is 1.90. The molecule has 0 aromatic heterocycles. The number of benzene rings is 2. The smallest absolute Gasteiger partial charge is 0.262 e. The lowest BCUT2D eigenvalue weighted by atomic mass is 9.75. The summed E-state index contributed by atoms with van der Waals surface area (Å²) in [6, 6.07) is 18.6. The van der Waals surface area contributed by atoms with Crippen LogP contribution in [0.4, 0.5) is 0 Å². The van der Waals surface area contributed by atoms with Crippen LogP contribution in [-0.2, 0) is 0 Å². The van der Waals surface area contributed by atoms with Crippen molar-refractivity contribution in [3.05, 3.63) is 82.9 Å². The van der Waals surface area contributed by atoms with Gasteiger partial charge >= 0.3 is 0 Å². The molecule has 1 atom stereocenters. The van der Waals surface area contributed by atoms with Crippen LogP contribution in [0, 0.1) is 28.1 Å². The van der Waals surface area contributed by atoms with Gasteiger partial charge in [0.15, 0.2) is 5.41 Å². The number of rotatable bonds is 5. The predicted molar refractivity (Wildman–Crippen MR) is 104 cm³/mol. The summed E-state index contributed by atoms with van der Waals surface area (Å²) >= 11 is 0. The van der Waals surface area contributed by atoms with Crippen molar-refractivity contribution in [1.82, 2.24) is 4.90 Å². The van der Waals surface area contributed by atoms with Crippen LogP contribution in [-0.4, -0.2) is 16.7 Å². The number of nitriles is 2. The molecule has 0 saturated carbocycles. The summed E-state index contributed by atoms with van der Waals surface area (Å²) < 4.78 is 0. The molecular formula is C23H19N3O2. The quantitative estimate of drug-likeness (QED) is 0.577. The molecule has 0 N–H and O–H groups in total. The Kier molecular flexibility index (Phi) is 5.11. The molecule has 0 spiro atoms. The van der Waals surface area contributed by atoms with Crippen molar-refractivity contribution in [2.24, 2.45) is 5.41 Å². The van der Waals surface area contributed by atoms with Crippen LogP contribution in [0.1, 0.15) is 52.6 Å². The number of hydrogen-bond donors (Lipinski definition) is 0. The number of nitrogens with zero attached hydrogens (tertiary/aromatic N) is 3. The van der Waals surface area contributed by atoms with E-state index in [1.165, 1.54) is 0 Å². The highest BCUT2D eigenvalue weighted by Crippen LogP contribution is 2.44. The van der Waals surface area contributed by atoms with Crippen molar-refractivity contribution in [2.75, 3.05) is 0 Å². The maximum absolute atomic E-state index is 13.1. The lowest BCUT2D eigenvalue weighted by Crippen LogP contribution is -2.43. The van der Waals surface area contributed by atoms with Gasteiger partial charge in [0.2, 0.25) is 0 Å². The van der Waals surface area contributed by atoms with E-state index in [9.17, 15) is 20.1 Å². The number of fused-ring (bicyclic) bond motifs is 1. The van der Waals surface area contributed by atoms with E-state index in [0.29, 0.717) is 16.7 Å². The monoisotopic (exact) mass is 369 g/mol. The first-order valence-corrected chi connectivity index (χ1v) is 8.93. The topological polar surface area (TPSA) is 85.0 Å². The van der Waals surface area contributed by atoms with E-state index in [1.54, 1.807) is 60.7 Å². The van der Waals surface area contributed by atoms with Gasteiger partial charge in [0.1, 0.15) is 0 Å². The normalized spacial score (nSPS) is 14.1. The Hall–Kier alpha value is -3.70. The van der Waals surface area contributed by atoms with Gasteiger partial charge in [-0.15, -0.1) is 0 Å². The van der Waals surface area contributed by atoms with Crippen LogP contribution in [0.5, 0.6) is 0 Å². The van der Waals surface area contributed by atoms with E-state index in [4.69, 9.17) is 0 Å². The highest BCUT2D eigenvalue weighted by Gasteiger charge is 2.50. The summed E-state index contributed by atoms with van der Waals surface area (Å²) in [5.41, 5.74) is 0.499. The average molecular weight is 369 g/mol. The Morgan fingerprint density at radius 3 is 1.93 bits per heavy atom. The molecule has 1 heterocycles. The summed E-state index contributed by atoms with van der Waals surface area (Å²) in [7, 11) is 0. The number of carbonyl (C=O) groups is 2. The molecule has 138 valence electrons. The third kappa shape index (κ3) is 3.08. The zero-order chi connectivity index (χ0) is 20.3. The van der Waals surface area contributed by atoms with Gasteiger partial charge in [-0.1, -0.05) is 54.1 Å². The van der Waals surface area contributed by atoms with Crippen LogP contribution >= 0.6 is 0 Å². The van der Waals surface area contributed by atoms with Gasteiger partial charge in [-0.05, 0) is 38.0 Å². The molecule has 1 unspecified atom stereocenters. The minimum atomic E-state index is -1.61. The van der Waals surface area contributed by atoms with Gasteiger partial charge < -0.3 is 0 Å². The van der Waals surface area contributed by atoms with Gasteiger partial charge in [0.05, 0.1) is 29.3 Å². The van der Waals surface area contributed by atoms with Crippen LogP contribution in [0.3, 0.4) is 0 Å². The molecule has 3 rings (SSSR count). The number of carbonyl (C=O) groups excluding carboxylic acids is 2. The lowest BCUT2D eigenvalue weighted by molar-refractivity contribution is 0.0508. The first-order valence-electron chi connectivity index (χ1n) is 8.93. The second-order valence-electron chi connectivity index (χ2n) is 7.02. The molecule has 1 aliphatic heterocycles. The van der Waals surface area contributed by atoms with E-state index in [-0.39, 0.29) is 6.42 Å². The molecule has 2 aromatic carbocycles. The standard InChI is InChI=1S/C23H19N3O2/c1-16(2)12-13-23(14-24,15-25)20(17-8-4-3-5-9-17)26-21(27)18-10-6-7-11-19(18)22(26)28/h3-12,20H,13H2,1-2H3. The maximum atomic E-state index is 13.1. The molecule has 28 heavy (non-hydrogen) atoms. The Bertz CT molecular complexity index is 989. The highest BCUT2D eigenvalue weighted by atomic mass is 16.2. The minimum Gasteiger partial charge on any atom is -0.269 e. The fourth-order valence-corrected chi connectivity index (χ4v) is 3.45. The van der Waals surface area contributed by atoms with Crippen LogP contribution in [0.2, 0.25) is 0 Å². The van der Waals surface area contributed by atoms with Gasteiger partial charge in [0.25, 0.3) is 11.8 Å². The Balaban J connectivity index is 2.21. The summed E-state index contributed by atoms with van der Waals surface area (Å²) in [4.78, 5) is 27.3. The van der Waals surface area contributed by atoms with Crippen LogP contribution in [0.25, 0.3) is 0 Å². The summed E-state index contributed by atoms with van der Waals surface area (Å²) in [5.74, 6) is -0.969. The molecule has 0 radical (unpaired) electrons. The first kappa shape index (κ1) is 19.1. The SMILES string of the molecule is CC(C)=CCC(C#N)(C#N)C(c1ccccc1)N1C(=O)c2ccccc2C1=O. The molecule has 0 saturated heterocycles. The summed E-state index contributed by atoms with van der Waals surface area (Å²) in [6.45, 7) is 3.75. The van der Waals surface area contributed by atoms with Gasteiger partial charge in [-0.2, -0.15) is 10.5 Å². The second kappa shape index (κ2) is 7.50. The molecule has 0 bridgehead atoms. The molecule has 0 aliphatic carbocycles. The van der Waals surface area contributed by atoms with E-state index in [1.807, 2.05) is 13.8 Å². The van der Waals surface area contributed by atoms with E-state index < -0.39 is 23.3 Å². The first-order chi connectivity index (χ1) is 13.4. The maximum Gasteiger partial charge on any atom is 0.262 e. The fourth-order valence-electron chi connectivity index (χ4n) is 3.45. The number of imide groups is 1. The summed E-state index contributed by atoms with van der Waals surface area (Å²) in [5, 5.41) is 20.0. The highest BCUT2D eigenvalue weighted by molar-refractivity contribution is 6.21. The zero-order valence-electron chi connectivity index (χ0n) is 15.7. The molecule has 2 amide bonds. The van der Waals surface area contributed by atoms with Crippen molar-refractivity contribution >= 4 is 11.8 Å². The third-order valence-corrected chi connectivity index (χ3v) is 4.90. The number of allylic oxidation sites excluding steroid dienone is 2. The van der Waals surface area contributed by atoms with Gasteiger partial charge in [-0.3, -0.25) is 14.5 Å². The third-order valence-electron chi connectivity index (χ3n) is 4.90. The lowest BCUT2D eigenvalue weighted by Gasteiger charge is -2.35. The van der Waals surface area contributed by atoms with Gasteiger partial charge in [-0.25, -0.2) is 0 Å². The van der Waals surface area contributed by atoms with E-state index in [0.717, 1.165) is 10.5 Å². The molecular weight excluding hydrogens is 350 g/mol. The molecule has 0 fully saturated rings. The van der Waals surface area contributed by atoms with Crippen LogP contribution in [0.15, 0.2) is 66.2 Å². The molecule has 5 nitrogen and oxygen atoms in total. The molecule has 2 aromatic rings. The van der Waals surface area contributed by atoms with E-state index in [2.05, 4.69) is 12.1 Å². The van der Waals surface area contributed by atoms with Crippen LogP contribution < -0.4 is 0 Å². The molecule has 5 heteroatoms. The van der Waals surface area contributed by atoms with Crippen molar-refractivity contribution in [1.29, 1.82) is 10.5 Å². The predicted octanol–water partition coefficient (Wildman–Crippen LogP) is 4.41. The second-order valence-corrected chi connectivity index (χ2v) is 7.02. The average Bonchev–Trinajstić information content (AvgIpc) is 2.97. The van der Waals surface area contributed by atoms with Crippen molar-refractivity contribution < 1.29 is 9.59 Å². The fraction of sp³-hybridized carbons (Fsp3) is 0.217. The number of amides is 2. The largest absolute Gasteiger partial charge is 0.269 e. The number of hydrogen-bond acceptors (Lipinski definition) is 4. The Morgan fingerprint density at radius 1 is 0.964 bits per heavy atom. The Labute approximate surface area is 164 Å². The zero-order valence-corrected chi connectivity index (χ0v) is 15.7. The van der Waals surface area contributed by atoms with Gasteiger partial charge in [0, 0.05) is 0 Å².